The van der Waals surface area contributed by atoms with Crippen LogP contribution in [0.25, 0.3) is 11.5 Å². The Balaban J connectivity index is 2.44. The van der Waals surface area contributed by atoms with E-state index in [-0.39, 0.29) is 0 Å². The number of hydrogen-bond donors (Lipinski definition) is 0. The lowest BCUT2D eigenvalue weighted by Crippen LogP contribution is -1.87. The fourth-order valence-corrected chi connectivity index (χ4v) is 1.33. The van der Waals surface area contributed by atoms with Crippen LogP contribution in [0.1, 0.15) is 12.7 Å². The van der Waals surface area contributed by atoms with Gasteiger partial charge in [-0.1, -0.05) is 24.2 Å². The van der Waals surface area contributed by atoms with Gasteiger partial charge in [0.15, 0.2) is 5.82 Å². The van der Waals surface area contributed by atoms with Crippen LogP contribution in [0.2, 0.25) is 0 Å². The van der Waals surface area contributed by atoms with Gasteiger partial charge in [0, 0.05) is 6.42 Å². The van der Waals surface area contributed by atoms with Crippen LogP contribution in [0.4, 0.5) is 0 Å². The fraction of sp³-hybridized carbons (Fsp3) is 0.273. The minimum Gasteiger partial charge on any atom is -0.496 e. The van der Waals surface area contributed by atoms with Crippen molar-refractivity contribution in [3.8, 4) is 17.2 Å². The molecular formula is C11H12N2O2. The molecule has 4 heteroatoms. The highest BCUT2D eigenvalue weighted by molar-refractivity contribution is 5.62. The first-order valence-electron chi connectivity index (χ1n) is 4.81. The SMILES string of the molecule is CCc1noc(-c2ccccc2OC)n1. The van der Waals surface area contributed by atoms with Crippen molar-refractivity contribution in [2.75, 3.05) is 7.11 Å². The van der Waals surface area contributed by atoms with Crippen LogP contribution in [-0.2, 0) is 6.42 Å². The smallest absolute Gasteiger partial charge is 0.261 e. The highest BCUT2D eigenvalue weighted by Gasteiger charge is 2.11. The Kier molecular flexibility index (Phi) is 2.67. The second-order valence-corrected chi connectivity index (χ2v) is 3.07. The number of ether oxygens (including phenoxy) is 1. The van der Waals surface area contributed by atoms with Gasteiger partial charge < -0.3 is 9.26 Å². The number of rotatable bonds is 3. The van der Waals surface area contributed by atoms with E-state index in [4.69, 9.17) is 9.26 Å². The van der Waals surface area contributed by atoms with Crippen LogP contribution < -0.4 is 4.74 Å². The van der Waals surface area contributed by atoms with Crippen molar-refractivity contribution >= 4 is 0 Å². The first-order valence-corrected chi connectivity index (χ1v) is 4.81. The number of hydrogen-bond acceptors (Lipinski definition) is 4. The first kappa shape index (κ1) is 9.71. The van der Waals surface area contributed by atoms with E-state index >= 15 is 0 Å². The predicted molar refractivity (Wildman–Crippen MR) is 55.7 cm³/mol. The van der Waals surface area contributed by atoms with Crippen molar-refractivity contribution in [3.05, 3.63) is 30.1 Å². The van der Waals surface area contributed by atoms with Gasteiger partial charge in [0.2, 0.25) is 0 Å². The lowest BCUT2D eigenvalue weighted by atomic mass is 10.2. The van der Waals surface area contributed by atoms with Gasteiger partial charge in [-0.2, -0.15) is 4.98 Å². The second-order valence-electron chi connectivity index (χ2n) is 3.07. The summed E-state index contributed by atoms with van der Waals surface area (Å²) in [5, 5.41) is 3.84. The Morgan fingerprint density at radius 2 is 2.13 bits per heavy atom. The van der Waals surface area contributed by atoms with Gasteiger partial charge in [0.1, 0.15) is 5.75 Å². The van der Waals surface area contributed by atoms with Crippen LogP contribution in [-0.4, -0.2) is 17.3 Å². The van der Waals surface area contributed by atoms with Crippen LogP contribution in [0.5, 0.6) is 5.75 Å². The zero-order chi connectivity index (χ0) is 10.7. The molecule has 4 nitrogen and oxygen atoms in total. The maximum absolute atomic E-state index is 5.21. The third-order valence-corrected chi connectivity index (χ3v) is 2.12. The average Bonchev–Trinajstić information content (AvgIpc) is 2.77. The molecule has 0 bridgehead atoms. The van der Waals surface area contributed by atoms with E-state index < -0.39 is 0 Å². The molecule has 0 fully saturated rings. The van der Waals surface area contributed by atoms with Crippen molar-refractivity contribution in [3.63, 3.8) is 0 Å². The van der Waals surface area contributed by atoms with E-state index in [9.17, 15) is 0 Å². The molecule has 15 heavy (non-hydrogen) atoms. The molecule has 1 aromatic carbocycles. The number of aromatic nitrogens is 2. The maximum atomic E-state index is 5.21. The largest absolute Gasteiger partial charge is 0.496 e. The standard InChI is InChI=1S/C11H12N2O2/c1-3-10-12-11(15-13-10)8-6-4-5-7-9(8)14-2/h4-7H,3H2,1-2H3. The monoisotopic (exact) mass is 204 g/mol. The van der Waals surface area contributed by atoms with Crippen LogP contribution in [0, 0.1) is 0 Å². The molecule has 1 aromatic heterocycles. The van der Waals surface area contributed by atoms with Crippen molar-refractivity contribution in [2.45, 2.75) is 13.3 Å². The molecular weight excluding hydrogens is 192 g/mol. The zero-order valence-electron chi connectivity index (χ0n) is 8.73. The summed E-state index contributed by atoms with van der Waals surface area (Å²) >= 11 is 0. The van der Waals surface area contributed by atoms with Gasteiger partial charge in [-0.25, -0.2) is 0 Å². The van der Waals surface area contributed by atoms with Crippen molar-refractivity contribution in [2.24, 2.45) is 0 Å². The molecule has 2 rings (SSSR count). The number of aryl methyl sites for hydroxylation is 1. The molecule has 0 unspecified atom stereocenters. The highest BCUT2D eigenvalue weighted by Crippen LogP contribution is 2.27. The average molecular weight is 204 g/mol. The fourth-order valence-electron chi connectivity index (χ4n) is 1.33. The Bertz CT molecular complexity index is 451. The van der Waals surface area contributed by atoms with E-state index in [1.54, 1.807) is 7.11 Å². The van der Waals surface area contributed by atoms with E-state index in [1.165, 1.54) is 0 Å². The van der Waals surface area contributed by atoms with Crippen LogP contribution in [0.15, 0.2) is 28.8 Å². The zero-order valence-corrected chi connectivity index (χ0v) is 8.73. The summed E-state index contributed by atoms with van der Waals surface area (Å²) in [7, 11) is 1.62. The molecule has 0 atom stereocenters. The first-order chi connectivity index (χ1) is 7.35. The summed E-state index contributed by atoms with van der Waals surface area (Å²) in [6.45, 7) is 1.98. The van der Waals surface area contributed by atoms with Crippen molar-refractivity contribution in [1.82, 2.24) is 10.1 Å². The van der Waals surface area contributed by atoms with E-state index in [1.807, 2.05) is 31.2 Å². The summed E-state index contributed by atoms with van der Waals surface area (Å²) in [5.74, 6) is 1.95. The number of para-hydroxylation sites is 1. The van der Waals surface area contributed by atoms with Crippen molar-refractivity contribution in [1.29, 1.82) is 0 Å². The number of methoxy groups -OCH3 is 1. The molecule has 0 aliphatic heterocycles. The number of benzene rings is 1. The molecule has 0 saturated heterocycles. The maximum Gasteiger partial charge on any atom is 0.261 e. The summed E-state index contributed by atoms with van der Waals surface area (Å²) in [5.41, 5.74) is 0.826. The highest BCUT2D eigenvalue weighted by atomic mass is 16.5. The molecule has 0 N–H and O–H groups in total. The summed E-state index contributed by atoms with van der Waals surface area (Å²) in [6.07, 6.45) is 0.763. The molecule has 0 radical (unpaired) electrons. The van der Waals surface area contributed by atoms with Crippen molar-refractivity contribution < 1.29 is 9.26 Å². The normalized spacial score (nSPS) is 10.3. The molecule has 0 saturated carbocycles. The Labute approximate surface area is 87.9 Å². The van der Waals surface area contributed by atoms with Gasteiger partial charge in [0.05, 0.1) is 12.7 Å². The summed E-state index contributed by atoms with van der Waals surface area (Å²) < 4.78 is 10.4. The molecule has 0 spiro atoms. The topological polar surface area (TPSA) is 48.2 Å². The molecule has 0 aliphatic carbocycles. The second kappa shape index (κ2) is 4.13. The Hall–Kier alpha value is -1.84. The molecule has 1 heterocycles. The summed E-state index contributed by atoms with van der Waals surface area (Å²) in [4.78, 5) is 4.25. The molecule has 78 valence electrons. The van der Waals surface area contributed by atoms with Gasteiger partial charge in [-0.05, 0) is 12.1 Å². The van der Waals surface area contributed by atoms with Gasteiger partial charge in [-0.3, -0.25) is 0 Å². The lowest BCUT2D eigenvalue weighted by Gasteiger charge is -2.02. The van der Waals surface area contributed by atoms with Crippen LogP contribution >= 0.6 is 0 Å². The van der Waals surface area contributed by atoms with Crippen LogP contribution in [0.3, 0.4) is 0 Å². The molecule has 0 amide bonds. The molecule has 0 aliphatic rings. The quantitative estimate of drug-likeness (QED) is 0.769. The summed E-state index contributed by atoms with van der Waals surface area (Å²) in [6, 6.07) is 7.57. The predicted octanol–water partition coefficient (Wildman–Crippen LogP) is 2.31. The lowest BCUT2D eigenvalue weighted by molar-refractivity contribution is 0.403. The van der Waals surface area contributed by atoms with Gasteiger partial charge in [0.25, 0.3) is 5.89 Å². The van der Waals surface area contributed by atoms with E-state index in [0.29, 0.717) is 11.7 Å². The Morgan fingerprint density at radius 3 is 2.80 bits per heavy atom. The minimum atomic E-state index is 0.504. The minimum absolute atomic E-state index is 0.504. The van der Waals surface area contributed by atoms with Gasteiger partial charge in [-0.15, -0.1) is 0 Å². The third kappa shape index (κ3) is 1.83. The van der Waals surface area contributed by atoms with Gasteiger partial charge >= 0.3 is 0 Å². The number of nitrogens with zero attached hydrogens (tertiary/aromatic N) is 2. The van der Waals surface area contributed by atoms with E-state index in [0.717, 1.165) is 17.7 Å². The Morgan fingerprint density at radius 1 is 1.33 bits per heavy atom. The molecule has 2 aromatic rings. The van der Waals surface area contributed by atoms with E-state index in [2.05, 4.69) is 10.1 Å². The third-order valence-electron chi connectivity index (χ3n) is 2.12.